The van der Waals surface area contributed by atoms with Gasteiger partial charge in [-0.05, 0) is 24.3 Å². The third-order valence-corrected chi connectivity index (χ3v) is 2.39. The Morgan fingerprint density at radius 2 is 2.00 bits per heavy atom. The van der Waals surface area contributed by atoms with E-state index >= 15 is 0 Å². The van der Waals surface area contributed by atoms with E-state index < -0.39 is 0 Å². The van der Waals surface area contributed by atoms with E-state index in [0.717, 1.165) is 12.2 Å². The highest BCUT2D eigenvalue weighted by molar-refractivity contribution is 6.30. The lowest BCUT2D eigenvalue weighted by atomic mass is 10.3. The fraction of sp³-hybridized carbons (Fsp3) is 0.417. The maximum absolute atomic E-state index is 11.5. The summed E-state index contributed by atoms with van der Waals surface area (Å²) in [6, 6.07) is 7.04. The van der Waals surface area contributed by atoms with Crippen molar-refractivity contribution in [3.05, 3.63) is 29.3 Å². The Kier molecular flexibility index (Phi) is 6.62. The molecule has 1 aromatic carbocycles. The number of hydrogen-bond acceptors (Lipinski definition) is 3. The summed E-state index contributed by atoms with van der Waals surface area (Å²) in [7, 11) is 1.65. The van der Waals surface area contributed by atoms with Crippen LogP contribution in [-0.4, -0.2) is 32.7 Å². The lowest BCUT2D eigenvalue weighted by Crippen LogP contribution is -2.24. The fourth-order valence-corrected chi connectivity index (χ4v) is 1.38. The summed E-state index contributed by atoms with van der Waals surface area (Å²) in [5.41, 5.74) is 0.760. The maximum Gasteiger partial charge on any atom is 0.225 e. The van der Waals surface area contributed by atoms with Crippen LogP contribution in [0, 0.1) is 0 Å². The monoisotopic (exact) mass is 256 g/mol. The quantitative estimate of drug-likeness (QED) is 0.733. The van der Waals surface area contributed by atoms with Crippen molar-refractivity contribution in [2.45, 2.75) is 6.42 Å². The van der Waals surface area contributed by atoms with Crippen molar-refractivity contribution < 1.29 is 9.53 Å². The van der Waals surface area contributed by atoms with Gasteiger partial charge >= 0.3 is 0 Å². The molecule has 0 bridgehead atoms. The summed E-state index contributed by atoms with van der Waals surface area (Å²) in [6.07, 6.45) is 0.437. The third kappa shape index (κ3) is 6.26. The second kappa shape index (κ2) is 8.06. The van der Waals surface area contributed by atoms with Crippen LogP contribution in [0.4, 0.5) is 5.69 Å². The largest absolute Gasteiger partial charge is 0.383 e. The van der Waals surface area contributed by atoms with E-state index in [2.05, 4.69) is 10.6 Å². The van der Waals surface area contributed by atoms with Gasteiger partial charge in [0, 0.05) is 37.3 Å². The molecule has 0 aromatic heterocycles. The van der Waals surface area contributed by atoms with E-state index in [1.807, 2.05) is 0 Å². The lowest BCUT2D eigenvalue weighted by molar-refractivity contribution is -0.116. The summed E-state index contributed by atoms with van der Waals surface area (Å²) in [4.78, 5) is 11.5. The van der Waals surface area contributed by atoms with Gasteiger partial charge in [0.15, 0.2) is 0 Å². The van der Waals surface area contributed by atoms with Gasteiger partial charge in [0.1, 0.15) is 0 Å². The minimum Gasteiger partial charge on any atom is -0.383 e. The molecule has 0 saturated heterocycles. The van der Waals surface area contributed by atoms with Crippen LogP contribution in [0.2, 0.25) is 5.02 Å². The van der Waals surface area contributed by atoms with E-state index in [0.29, 0.717) is 24.6 Å². The summed E-state index contributed by atoms with van der Waals surface area (Å²) < 4.78 is 4.88. The fourth-order valence-electron chi connectivity index (χ4n) is 1.26. The smallest absolute Gasteiger partial charge is 0.225 e. The van der Waals surface area contributed by atoms with Gasteiger partial charge in [-0.2, -0.15) is 0 Å². The number of ether oxygens (including phenoxy) is 1. The number of amides is 1. The lowest BCUT2D eigenvalue weighted by Gasteiger charge is -2.06. The first kappa shape index (κ1) is 14.0. The average molecular weight is 257 g/mol. The zero-order valence-electron chi connectivity index (χ0n) is 9.83. The Bertz CT molecular complexity index is 341. The van der Waals surface area contributed by atoms with Crippen molar-refractivity contribution in [3.63, 3.8) is 0 Å². The van der Waals surface area contributed by atoms with Gasteiger partial charge in [0.25, 0.3) is 0 Å². The van der Waals surface area contributed by atoms with Gasteiger partial charge in [-0.1, -0.05) is 11.6 Å². The number of methoxy groups -OCH3 is 1. The van der Waals surface area contributed by atoms with Gasteiger partial charge in [0.05, 0.1) is 6.61 Å². The summed E-state index contributed by atoms with van der Waals surface area (Å²) in [5, 5.41) is 6.55. The van der Waals surface area contributed by atoms with Crippen LogP contribution in [0.15, 0.2) is 24.3 Å². The Morgan fingerprint density at radius 1 is 1.29 bits per heavy atom. The molecule has 2 N–H and O–H groups in total. The minimum absolute atomic E-state index is 0.0164. The first-order valence-electron chi connectivity index (χ1n) is 5.47. The number of carbonyl (C=O) groups excluding carboxylic acids is 1. The topological polar surface area (TPSA) is 50.4 Å². The molecule has 0 saturated carbocycles. The van der Waals surface area contributed by atoms with Crippen molar-refractivity contribution in [3.8, 4) is 0 Å². The second-order valence-electron chi connectivity index (χ2n) is 3.55. The molecule has 94 valence electrons. The SMILES string of the molecule is COCCNCCC(=O)Nc1ccc(Cl)cc1. The van der Waals surface area contributed by atoms with Crippen LogP contribution in [0.3, 0.4) is 0 Å². The summed E-state index contributed by atoms with van der Waals surface area (Å²) in [6.45, 7) is 2.05. The van der Waals surface area contributed by atoms with Crippen molar-refractivity contribution >= 4 is 23.2 Å². The van der Waals surface area contributed by atoms with Crippen LogP contribution in [0.5, 0.6) is 0 Å². The highest BCUT2D eigenvalue weighted by atomic mass is 35.5. The first-order valence-corrected chi connectivity index (χ1v) is 5.85. The predicted molar refractivity (Wildman–Crippen MR) is 69.4 cm³/mol. The molecule has 1 rings (SSSR count). The number of hydrogen-bond donors (Lipinski definition) is 2. The first-order chi connectivity index (χ1) is 8.22. The molecule has 1 aromatic rings. The molecule has 0 radical (unpaired) electrons. The molecule has 0 unspecified atom stereocenters. The second-order valence-corrected chi connectivity index (χ2v) is 3.98. The molecular formula is C12H17ClN2O2. The van der Waals surface area contributed by atoms with Crippen molar-refractivity contribution in [2.24, 2.45) is 0 Å². The van der Waals surface area contributed by atoms with Crippen LogP contribution in [0.25, 0.3) is 0 Å². The molecule has 0 heterocycles. The number of rotatable bonds is 7. The Morgan fingerprint density at radius 3 is 2.65 bits per heavy atom. The van der Waals surface area contributed by atoms with Gasteiger partial charge in [-0.15, -0.1) is 0 Å². The van der Waals surface area contributed by atoms with E-state index in [4.69, 9.17) is 16.3 Å². The Balaban J connectivity index is 2.18. The molecule has 0 aliphatic carbocycles. The number of carbonyl (C=O) groups is 1. The molecule has 0 fully saturated rings. The van der Waals surface area contributed by atoms with Crippen LogP contribution in [0.1, 0.15) is 6.42 Å². The van der Waals surface area contributed by atoms with E-state index in [1.54, 1.807) is 31.4 Å². The number of halogens is 1. The molecule has 0 spiro atoms. The Hall–Kier alpha value is -1.10. The Labute approximate surface area is 106 Å². The molecule has 17 heavy (non-hydrogen) atoms. The van der Waals surface area contributed by atoms with Crippen molar-refractivity contribution in [1.29, 1.82) is 0 Å². The van der Waals surface area contributed by atoms with E-state index in [9.17, 15) is 4.79 Å². The van der Waals surface area contributed by atoms with Crippen LogP contribution < -0.4 is 10.6 Å². The number of benzene rings is 1. The third-order valence-electron chi connectivity index (χ3n) is 2.14. The molecule has 0 aliphatic heterocycles. The summed E-state index contributed by atoms with van der Waals surface area (Å²) in [5.74, 6) is -0.0164. The maximum atomic E-state index is 11.5. The molecule has 0 aliphatic rings. The van der Waals surface area contributed by atoms with Crippen LogP contribution >= 0.6 is 11.6 Å². The van der Waals surface area contributed by atoms with Gasteiger partial charge < -0.3 is 15.4 Å². The van der Waals surface area contributed by atoms with Crippen LogP contribution in [-0.2, 0) is 9.53 Å². The van der Waals surface area contributed by atoms with Gasteiger partial charge in [-0.3, -0.25) is 4.79 Å². The standard InChI is InChI=1S/C12H17ClN2O2/c1-17-9-8-14-7-6-12(16)15-11-4-2-10(13)3-5-11/h2-5,14H,6-9H2,1H3,(H,15,16). The highest BCUT2D eigenvalue weighted by Crippen LogP contribution is 2.13. The number of anilines is 1. The van der Waals surface area contributed by atoms with E-state index in [-0.39, 0.29) is 5.91 Å². The average Bonchev–Trinajstić information content (AvgIpc) is 2.32. The zero-order valence-corrected chi connectivity index (χ0v) is 10.6. The van der Waals surface area contributed by atoms with Crippen molar-refractivity contribution in [1.82, 2.24) is 5.32 Å². The molecule has 1 amide bonds. The molecular weight excluding hydrogens is 240 g/mol. The minimum atomic E-state index is -0.0164. The normalized spacial score (nSPS) is 10.2. The van der Waals surface area contributed by atoms with Gasteiger partial charge in [0.2, 0.25) is 5.91 Å². The van der Waals surface area contributed by atoms with Gasteiger partial charge in [-0.25, -0.2) is 0 Å². The summed E-state index contributed by atoms with van der Waals surface area (Å²) >= 11 is 5.75. The van der Waals surface area contributed by atoms with E-state index in [1.165, 1.54) is 0 Å². The molecule has 5 heteroatoms. The predicted octanol–water partition coefficient (Wildman–Crippen LogP) is 1.90. The number of nitrogens with one attached hydrogen (secondary N) is 2. The zero-order chi connectivity index (χ0) is 12.5. The molecule has 0 atom stereocenters. The van der Waals surface area contributed by atoms with Crippen molar-refractivity contribution in [2.75, 3.05) is 32.1 Å². The highest BCUT2D eigenvalue weighted by Gasteiger charge is 2.01. The molecule has 4 nitrogen and oxygen atoms in total.